The first-order valence-corrected chi connectivity index (χ1v) is 11.5. The summed E-state index contributed by atoms with van der Waals surface area (Å²) < 4.78 is 14.0. The lowest BCUT2D eigenvalue weighted by atomic mass is 9.72. The molecule has 0 saturated heterocycles. The van der Waals surface area contributed by atoms with Gasteiger partial charge in [0.05, 0.1) is 21.4 Å². The minimum Gasteiger partial charge on any atom is -0.496 e. The predicted octanol–water partition coefficient (Wildman–Crippen LogP) is 6.56. The normalized spacial score (nSPS) is 20.4. The van der Waals surface area contributed by atoms with Crippen molar-refractivity contribution < 1.29 is 9.47 Å². The molecule has 2 nitrogen and oxygen atoms in total. The molecule has 0 amide bonds. The molecule has 0 heterocycles. The van der Waals surface area contributed by atoms with E-state index in [1.54, 1.807) is 14.2 Å². The van der Waals surface area contributed by atoms with Gasteiger partial charge in [-0.25, -0.2) is 0 Å². The van der Waals surface area contributed by atoms with Gasteiger partial charge >= 0.3 is 0 Å². The van der Waals surface area contributed by atoms with E-state index in [0.717, 1.165) is 24.3 Å². The van der Waals surface area contributed by atoms with E-state index in [-0.39, 0.29) is 16.2 Å². The molecule has 2 aromatic rings. The van der Waals surface area contributed by atoms with Crippen molar-refractivity contribution in [2.45, 2.75) is 56.8 Å². The van der Waals surface area contributed by atoms with Crippen LogP contribution >= 0.6 is 45.2 Å². The number of fused-ring (bicyclic) bond motifs is 4. The Hall–Kier alpha value is -0.500. The molecule has 0 atom stereocenters. The van der Waals surface area contributed by atoms with Crippen LogP contribution in [0.15, 0.2) is 24.3 Å². The Bertz CT molecular complexity index is 866. The number of halogens is 2. The summed E-state index contributed by atoms with van der Waals surface area (Å²) in [6.45, 7) is 9.56. The van der Waals surface area contributed by atoms with Crippen molar-refractivity contribution in [2.24, 2.45) is 0 Å². The van der Waals surface area contributed by atoms with Crippen LogP contribution in [0, 0.1) is 7.14 Å². The molecule has 2 aromatic carbocycles. The van der Waals surface area contributed by atoms with Gasteiger partial charge in [0.2, 0.25) is 0 Å². The van der Waals surface area contributed by atoms with Crippen molar-refractivity contribution in [3.63, 3.8) is 0 Å². The summed E-state index contributed by atoms with van der Waals surface area (Å²) in [5.41, 5.74) is 6.16. The Balaban J connectivity index is 2.12. The molecule has 0 aliphatic heterocycles. The zero-order valence-corrected chi connectivity index (χ0v) is 21.1. The summed E-state index contributed by atoms with van der Waals surface area (Å²) in [7, 11) is 3.55. The van der Waals surface area contributed by atoms with Crippen LogP contribution in [0.1, 0.15) is 62.8 Å². The van der Waals surface area contributed by atoms with E-state index in [1.807, 2.05) is 0 Å². The topological polar surface area (TPSA) is 18.5 Å². The lowest BCUT2D eigenvalue weighted by Gasteiger charge is -2.32. The van der Waals surface area contributed by atoms with Crippen LogP contribution in [0.25, 0.3) is 0 Å². The van der Waals surface area contributed by atoms with Gasteiger partial charge in [0.25, 0.3) is 0 Å². The van der Waals surface area contributed by atoms with Crippen LogP contribution in [0.3, 0.4) is 0 Å². The van der Waals surface area contributed by atoms with E-state index in [0.29, 0.717) is 0 Å². The highest BCUT2D eigenvalue weighted by molar-refractivity contribution is 14.1. The molecule has 0 saturated carbocycles. The second-order valence-corrected chi connectivity index (χ2v) is 11.4. The summed E-state index contributed by atoms with van der Waals surface area (Å²) in [5, 5.41) is 0. The van der Waals surface area contributed by atoms with Crippen molar-refractivity contribution >= 4 is 45.2 Å². The second-order valence-electron chi connectivity index (χ2n) is 9.21. The first kappa shape index (κ1) is 19.8. The first-order valence-electron chi connectivity index (χ1n) is 9.34. The quantitative estimate of drug-likeness (QED) is 0.370. The van der Waals surface area contributed by atoms with Gasteiger partial charge in [-0.1, -0.05) is 39.8 Å². The predicted molar refractivity (Wildman–Crippen MR) is 127 cm³/mol. The zero-order chi connectivity index (χ0) is 19.8. The molecule has 2 aliphatic rings. The third kappa shape index (κ3) is 2.61. The summed E-state index contributed by atoms with van der Waals surface area (Å²) in [6.07, 6.45) is 2.25. The number of rotatable bonds is 2. The number of methoxy groups -OCH3 is 2. The van der Waals surface area contributed by atoms with Gasteiger partial charge < -0.3 is 9.47 Å². The Morgan fingerprint density at radius 1 is 0.704 bits per heavy atom. The molecule has 0 radical (unpaired) electrons. The smallest absolute Gasteiger partial charge is 0.132 e. The average Bonchev–Trinajstić information content (AvgIpc) is 2.95. The van der Waals surface area contributed by atoms with Crippen molar-refractivity contribution in [2.75, 3.05) is 14.2 Å². The van der Waals surface area contributed by atoms with Crippen molar-refractivity contribution in [1.82, 2.24) is 0 Å². The van der Waals surface area contributed by atoms with E-state index in [9.17, 15) is 0 Å². The summed E-state index contributed by atoms with van der Waals surface area (Å²) >= 11 is 5.01. The molecule has 0 bridgehead atoms. The minimum atomic E-state index is 0.00773. The molecule has 2 aliphatic carbocycles. The minimum absolute atomic E-state index is 0.00773. The fraction of sp³-hybridized carbons (Fsp3) is 0.478. The Morgan fingerprint density at radius 2 is 1.07 bits per heavy atom. The fourth-order valence-corrected chi connectivity index (χ4v) is 8.15. The van der Waals surface area contributed by atoms with Gasteiger partial charge in [-0.2, -0.15) is 0 Å². The molecular weight excluding hydrogens is 562 g/mol. The number of hydrogen-bond donors (Lipinski definition) is 0. The van der Waals surface area contributed by atoms with Crippen LogP contribution in [0.5, 0.6) is 11.5 Å². The number of benzene rings is 2. The lowest BCUT2D eigenvalue weighted by molar-refractivity contribution is 0.346. The highest BCUT2D eigenvalue weighted by atomic mass is 127. The maximum atomic E-state index is 5.72. The van der Waals surface area contributed by atoms with Crippen LogP contribution < -0.4 is 9.47 Å². The largest absolute Gasteiger partial charge is 0.496 e. The van der Waals surface area contributed by atoms with Crippen molar-refractivity contribution in [1.29, 1.82) is 0 Å². The summed E-state index contributed by atoms with van der Waals surface area (Å²) in [4.78, 5) is 0. The van der Waals surface area contributed by atoms with Crippen LogP contribution in [-0.4, -0.2) is 14.2 Å². The molecule has 0 unspecified atom stereocenters. The maximum Gasteiger partial charge on any atom is 0.132 e. The van der Waals surface area contributed by atoms with E-state index >= 15 is 0 Å². The molecule has 0 fully saturated rings. The van der Waals surface area contributed by atoms with Gasteiger partial charge in [-0.15, -0.1) is 0 Å². The number of hydrogen-bond acceptors (Lipinski definition) is 2. The monoisotopic (exact) mass is 588 g/mol. The van der Waals surface area contributed by atoms with Gasteiger partial charge in [-0.05, 0) is 103 Å². The lowest BCUT2D eigenvalue weighted by Crippen LogP contribution is -2.28. The Labute approximate surface area is 189 Å². The average molecular weight is 588 g/mol. The third-order valence-corrected chi connectivity index (χ3v) is 8.70. The molecule has 4 rings (SSSR count). The molecule has 0 N–H and O–H groups in total. The SMILES string of the molecule is COc1ccc2c(c1I)C1(CC2(C)C)CC(C)(C)c2ccc(OC)c(I)c21. The van der Waals surface area contributed by atoms with Gasteiger partial charge in [0.1, 0.15) is 11.5 Å². The van der Waals surface area contributed by atoms with Crippen molar-refractivity contribution in [3.8, 4) is 11.5 Å². The molecule has 27 heavy (non-hydrogen) atoms. The van der Waals surface area contributed by atoms with Crippen LogP contribution in [0.2, 0.25) is 0 Å². The van der Waals surface area contributed by atoms with E-state index < -0.39 is 0 Å². The molecule has 4 heteroatoms. The standard InChI is InChI=1S/C23H26I2O2/c1-21(2)11-23(17-13(21)7-9-15(26-5)19(17)24)12-22(3,4)14-8-10-16(27-6)20(25)18(14)23/h7-10H,11-12H2,1-6H3. The number of ether oxygens (including phenoxy) is 2. The summed E-state index contributed by atoms with van der Waals surface area (Å²) in [5.74, 6) is 1.96. The first-order chi connectivity index (χ1) is 12.6. The van der Waals surface area contributed by atoms with Crippen LogP contribution in [-0.2, 0) is 16.2 Å². The van der Waals surface area contributed by atoms with Gasteiger partial charge in [-0.3, -0.25) is 0 Å². The fourth-order valence-electron chi connectivity index (χ4n) is 5.73. The third-order valence-electron chi connectivity index (χ3n) is 6.56. The van der Waals surface area contributed by atoms with Crippen molar-refractivity contribution in [3.05, 3.63) is 53.7 Å². The van der Waals surface area contributed by atoms with Gasteiger partial charge in [0.15, 0.2) is 0 Å². The Morgan fingerprint density at radius 3 is 1.41 bits per heavy atom. The van der Waals surface area contributed by atoms with E-state index in [4.69, 9.17) is 9.47 Å². The molecule has 144 valence electrons. The highest BCUT2D eigenvalue weighted by Crippen LogP contribution is 2.65. The second kappa shape index (κ2) is 6.25. The maximum absolute atomic E-state index is 5.72. The molecule has 1 spiro atoms. The summed E-state index contributed by atoms with van der Waals surface area (Å²) in [6, 6.07) is 8.87. The molecular formula is C23H26I2O2. The molecule has 0 aromatic heterocycles. The van der Waals surface area contributed by atoms with Gasteiger partial charge in [0, 0.05) is 5.41 Å². The van der Waals surface area contributed by atoms with E-state index in [1.165, 1.54) is 29.4 Å². The highest BCUT2D eigenvalue weighted by Gasteiger charge is 2.58. The zero-order valence-electron chi connectivity index (χ0n) is 16.8. The Kier molecular flexibility index (Phi) is 4.58. The van der Waals surface area contributed by atoms with E-state index in [2.05, 4.69) is 97.1 Å². The van der Waals surface area contributed by atoms with Crippen LogP contribution in [0.4, 0.5) is 0 Å².